The van der Waals surface area contributed by atoms with Crippen molar-refractivity contribution in [2.24, 2.45) is 0 Å². The van der Waals surface area contributed by atoms with Crippen LogP contribution in [0.4, 0.5) is 0 Å². The largest absolute Gasteiger partial charge is 0.481 e. The maximum Gasteiger partial charge on any atom is 0.305 e. The highest BCUT2D eigenvalue weighted by Crippen LogP contribution is 2.26. The quantitative estimate of drug-likeness (QED) is 0.655. The molecule has 2 N–H and O–H groups in total. The lowest BCUT2D eigenvalue weighted by molar-refractivity contribution is -0.137. The van der Waals surface area contributed by atoms with Crippen LogP contribution in [0.1, 0.15) is 23.6 Å². The van der Waals surface area contributed by atoms with Crippen LogP contribution in [0.25, 0.3) is 10.9 Å². The van der Waals surface area contributed by atoms with E-state index in [4.69, 9.17) is 5.11 Å². The van der Waals surface area contributed by atoms with E-state index in [-0.39, 0.29) is 12.5 Å². The average molecular weight is 391 g/mol. The number of carboxylic acids is 1. The summed E-state index contributed by atoms with van der Waals surface area (Å²) >= 11 is 5.11. The van der Waals surface area contributed by atoms with Crippen molar-refractivity contribution < 1.29 is 9.90 Å². The van der Waals surface area contributed by atoms with Crippen LogP contribution in [0.5, 0.6) is 0 Å². The number of halogens is 1. The van der Waals surface area contributed by atoms with Gasteiger partial charge in [-0.2, -0.15) is 11.3 Å². The van der Waals surface area contributed by atoms with E-state index >= 15 is 0 Å². The average Bonchev–Trinajstić information content (AvgIpc) is 3.07. The van der Waals surface area contributed by atoms with Gasteiger partial charge in [-0.05, 0) is 40.1 Å². The third kappa shape index (κ3) is 3.77. The zero-order valence-corrected chi connectivity index (χ0v) is 14.6. The molecule has 0 saturated carbocycles. The zero-order chi connectivity index (χ0) is 16.2. The molecule has 4 nitrogen and oxygen atoms in total. The van der Waals surface area contributed by atoms with Gasteiger partial charge in [-0.25, -0.2) is 0 Å². The predicted molar refractivity (Wildman–Crippen MR) is 95.6 cm³/mol. The summed E-state index contributed by atoms with van der Waals surface area (Å²) in [6.45, 7) is 0.564. The highest BCUT2D eigenvalue weighted by Gasteiger charge is 2.16. The second-order valence-electron chi connectivity index (χ2n) is 5.19. The molecule has 1 aromatic carbocycles. The number of carboxylic acid groups (broad SMARTS) is 1. The number of fused-ring (bicyclic) bond motifs is 1. The molecule has 2 aromatic heterocycles. The molecule has 2 heterocycles. The van der Waals surface area contributed by atoms with Crippen molar-refractivity contribution >= 4 is 44.1 Å². The van der Waals surface area contributed by atoms with Gasteiger partial charge in [0.1, 0.15) is 0 Å². The molecule has 0 aliphatic carbocycles. The Labute approximate surface area is 146 Å². The van der Waals surface area contributed by atoms with Gasteiger partial charge >= 0.3 is 5.97 Å². The standard InChI is InChI=1S/C17H15BrN2O2S/c18-14-4-3-11(17-13(14)2-1-6-19-17)9-20-15(8-16(21)22)12-5-7-23-10-12/h1-7,10,15,20H,8-9H2,(H,21,22). The molecule has 1 unspecified atom stereocenters. The van der Waals surface area contributed by atoms with Crippen molar-refractivity contribution in [3.8, 4) is 0 Å². The third-order valence-corrected chi connectivity index (χ3v) is 5.06. The minimum atomic E-state index is -0.813. The fourth-order valence-corrected chi connectivity index (χ4v) is 3.69. The van der Waals surface area contributed by atoms with Gasteiger partial charge in [-0.3, -0.25) is 9.78 Å². The number of aliphatic carboxylic acids is 1. The van der Waals surface area contributed by atoms with E-state index in [0.717, 1.165) is 26.5 Å². The van der Waals surface area contributed by atoms with Crippen molar-refractivity contribution in [3.63, 3.8) is 0 Å². The molecule has 0 aliphatic heterocycles. The summed E-state index contributed by atoms with van der Waals surface area (Å²) in [4.78, 5) is 15.6. The van der Waals surface area contributed by atoms with Gasteiger partial charge in [0.2, 0.25) is 0 Å². The van der Waals surface area contributed by atoms with E-state index in [9.17, 15) is 4.79 Å². The second-order valence-corrected chi connectivity index (χ2v) is 6.83. The number of hydrogen-bond donors (Lipinski definition) is 2. The Hall–Kier alpha value is -1.76. The van der Waals surface area contributed by atoms with Crippen LogP contribution in [-0.2, 0) is 11.3 Å². The molecule has 0 radical (unpaired) electrons. The first-order valence-corrected chi connectivity index (χ1v) is 8.88. The van der Waals surface area contributed by atoms with E-state index in [0.29, 0.717) is 6.54 Å². The number of rotatable bonds is 6. The first-order chi connectivity index (χ1) is 11.1. The van der Waals surface area contributed by atoms with E-state index < -0.39 is 5.97 Å². The summed E-state index contributed by atoms with van der Waals surface area (Å²) in [5.41, 5.74) is 2.98. The fourth-order valence-electron chi connectivity index (χ4n) is 2.53. The van der Waals surface area contributed by atoms with E-state index in [1.165, 1.54) is 0 Å². The van der Waals surface area contributed by atoms with Gasteiger partial charge in [-0.1, -0.05) is 28.1 Å². The molecule has 0 spiro atoms. The van der Waals surface area contributed by atoms with Crippen molar-refractivity contribution in [2.75, 3.05) is 0 Å². The lowest BCUT2D eigenvalue weighted by atomic mass is 10.1. The molecule has 0 saturated heterocycles. The Morgan fingerprint density at radius 3 is 2.96 bits per heavy atom. The van der Waals surface area contributed by atoms with Gasteiger partial charge < -0.3 is 10.4 Å². The number of pyridine rings is 1. The second kappa shape index (κ2) is 7.21. The fraction of sp³-hybridized carbons (Fsp3) is 0.176. The van der Waals surface area contributed by atoms with Crippen LogP contribution in [0.3, 0.4) is 0 Å². The maximum absolute atomic E-state index is 11.1. The summed E-state index contributed by atoms with van der Waals surface area (Å²) < 4.78 is 1.00. The minimum absolute atomic E-state index is 0.0542. The number of benzene rings is 1. The van der Waals surface area contributed by atoms with Crippen LogP contribution in [0, 0.1) is 0 Å². The minimum Gasteiger partial charge on any atom is -0.481 e. The van der Waals surface area contributed by atoms with Crippen LogP contribution in [0.2, 0.25) is 0 Å². The zero-order valence-electron chi connectivity index (χ0n) is 12.2. The van der Waals surface area contributed by atoms with Crippen molar-refractivity contribution in [1.82, 2.24) is 10.3 Å². The molecule has 0 amide bonds. The Morgan fingerprint density at radius 2 is 2.22 bits per heavy atom. The highest BCUT2D eigenvalue weighted by molar-refractivity contribution is 9.10. The Balaban J connectivity index is 1.84. The Kier molecular flexibility index (Phi) is 5.05. The first kappa shape index (κ1) is 16.1. The van der Waals surface area contributed by atoms with Crippen LogP contribution >= 0.6 is 27.3 Å². The molecule has 1 atom stereocenters. The molecular weight excluding hydrogens is 376 g/mol. The van der Waals surface area contributed by atoms with Gasteiger partial charge in [0, 0.05) is 28.6 Å². The number of nitrogens with zero attached hydrogens (tertiary/aromatic N) is 1. The van der Waals surface area contributed by atoms with Crippen molar-refractivity contribution in [1.29, 1.82) is 0 Å². The predicted octanol–water partition coefficient (Wildman–Crippen LogP) is 4.36. The van der Waals surface area contributed by atoms with Gasteiger partial charge in [-0.15, -0.1) is 0 Å². The number of hydrogen-bond acceptors (Lipinski definition) is 4. The number of aromatic nitrogens is 1. The summed E-state index contributed by atoms with van der Waals surface area (Å²) in [5, 5.41) is 17.5. The van der Waals surface area contributed by atoms with Crippen LogP contribution in [0.15, 0.2) is 51.8 Å². The number of thiophene rings is 1. The van der Waals surface area contributed by atoms with Gasteiger partial charge in [0.05, 0.1) is 11.9 Å². The lowest BCUT2D eigenvalue weighted by Crippen LogP contribution is -2.23. The topological polar surface area (TPSA) is 62.2 Å². The molecule has 3 rings (SSSR count). The van der Waals surface area contributed by atoms with Crippen molar-refractivity contribution in [3.05, 3.63) is 62.9 Å². The SMILES string of the molecule is O=C(O)CC(NCc1ccc(Br)c2cccnc12)c1ccsc1. The van der Waals surface area contributed by atoms with Gasteiger partial charge in [0.15, 0.2) is 0 Å². The molecule has 23 heavy (non-hydrogen) atoms. The molecule has 118 valence electrons. The summed E-state index contributed by atoms with van der Waals surface area (Å²) in [5.74, 6) is -0.813. The van der Waals surface area contributed by atoms with Gasteiger partial charge in [0.25, 0.3) is 0 Å². The molecular formula is C17H15BrN2O2S. The summed E-state index contributed by atoms with van der Waals surface area (Å²) in [7, 11) is 0. The monoisotopic (exact) mass is 390 g/mol. The van der Waals surface area contributed by atoms with E-state index in [2.05, 4.69) is 26.2 Å². The van der Waals surface area contributed by atoms with Crippen molar-refractivity contribution in [2.45, 2.75) is 19.0 Å². The lowest BCUT2D eigenvalue weighted by Gasteiger charge is -2.17. The smallest absolute Gasteiger partial charge is 0.305 e. The van der Waals surface area contributed by atoms with Crippen LogP contribution < -0.4 is 5.32 Å². The Bertz CT molecular complexity index is 821. The number of nitrogens with one attached hydrogen (secondary N) is 1. The third-order valence-electron chi connectivity index (χ3n) is 3.66. The molecule has 0 aliphatic rings. The first-order valence-electron chi connectivity index (χ1n) is 7.14. The summed E-state index contributed by atoms with van der Waals surface area (Å²) in [6, 6.07) is 9.69. The Morgan fingerprint density at radius 1 is 1.35 bits per heavy atom. The molecule has 0 bridgehead atoms. The maximum atomic E-state index is 11.1. The summed E-state index contributed by atoms with van der Waals surface area (Å²) in [6.07, 6.45) is 1.82. The highest BCUT2D eigenvalue weighted by atomic mass is 79.9. The number of carbonyl (C=O) groups is 1. The molecule has 3 aromatic rings. The van der Waals surface area contributed by atoms with E-state index in [1.54, 1.807) is 17.5 Å². The normalized spacial score (nSPS) is 12.4. The molecule has 6 heteroatoms. The van der Waals surface area contributed by atoms with E-state index in [1.807, 2.05) is 41.1 Å². The molecule has 0 fully saturated rings. The van der Waals surface area contributed by atoms with Crippen LogP contribution in [-0.4, -0.2) is 16.1 Å².